The number of rotatable bonds is 4. The van der Waals surface area contributed by atoms with Crippen LogP contribution in [-0.2, 0) is 16.1 Å². The van der Waals surface area contributed by atoms with Crippen LogP contribution in [-0.4, -0.2) is 29.1 Å². The lowest BCUT2D eigenvalue weighted by atomic mass is 9.84. The summed E-state index contributed by atoms with van der Waals surface area (Å²) >= 11 is 0. The number of carbonyl (C=O) groups excluding carboxylic acids is 1. The van der Waals surface area contributed by atoms with Crippen molar-refractivity contribution in [3.63, 3.8) is 0 Å². The molecule has 2 aliphatic rings. The molecule has 0 N–H and O–H groups in total. The maximum absolute atomic E-state index is 12.5. The number of esters is 1. The summed E-state index contributed by atoms with van der Waals surface area (Å²) in [5.74, 6) is 0.641. The lowest BCUT2D eigenvalue weighted by molar-refractivity contribution is -0.153. The molecular formula is C19H27NO2. The van der Waals surface area contributed by atoms with Crippen LogP contribution in [0.4, 0.5) is 0 Å². The van der Waals surface area contributed by atoms with Crippen molar-refractivity contribution < 1.29 is 9.53 Å². The minimum Gasteiger partial charge on any atom is -0.462 e. The van der Waals surface area contributed by atoms with Crippen LogP contribution in [0, 0.1) is 5.92 Å². The van der Waals surface area contributed by atoms with Crippen molar-refractivity contribution in [3.8, 4) is 0 Å². The van der Waals surface area contributed by atoms with E-state index in [9.17, 15) is 4.79 Å². The quantitative estimate of drug-likeness (QED) is 0.793. The number of benzene rings is 1. The second-order valence-corrected chi connectivity index (χ2v) is 7.01. The van der Waals surface area contributed by atoms with Crippen molar-refractivity contribution in [1.29, 1.82) is 0 Å². The molecule has 22 heavy (non-hydrogen) atoms. The highest BCUT2D eigenvalue weighted by molar-refractivity contribution is 5.76. The largest absolute Gasteiger partial charge is 0.462 e. The molecule has 0 spiro atoms. The molecule has 1 saturated heterocycles. The van der Waals surface area contributed by atoms with Gasteiger partial charge in [-0.3, -0.25) is 9.69 Å². The van der Waals surface area contributed by atoms with Crippen LogP contribution >= 0.6 is 0 Å². The fourth-order valence-electron chi connectivity index (χ4n) is 4.12. The molecule has 1 heterocycles. The van der Waals surface area contributed by atoms with E-state index in [1.807, 2.05) is 19.9 Å². The highest BCUT2D eigenvalue weighted by Crippen LogP contribution is 2.40. The second-order valence-electron chi connectivity index (χ2n) is 7.01. The summed E-state index contributed by atoms with van der Waals surface area (Å²) in [6.45, 7) is 4.72. The summed E-state index contributed by atoms with van der Waals surface area (Å²) in [5, 5.41) is 0. The Balaban J connectivity index is 1.78. The van der Waals surface area contributed by atoms with E-state index >= 15 is 0 Å². The molecule has 3 unspecified atom stereocenters. The number of carbonyl (C=O) groups is 1. The fourth-order valence-corrected chi connectivity index (χ4v) is 4.12. The third-order valence-corrected chi connectivity index (χ3v) is 5.05. The van der Waals surface area contributed by atoms with Crippen molar-refractivity contribution in [2.45, 2.75) is 70.7 Å². The highest BCUT2D eigenvalue weighted by Gasteiger charge is 2.45. The zero-order valence-electron chi connectivity index (χ0n) is 13.7. The summed E-state index contributed by atoms with van der Waals surface area (Å²) in [7, 11) is 0. The predicted octanol–water partition coefficient (Wildman–Crippen LogP) is 3.77. The van der Waals surface area contributed by atoms with Gasteiger partial charge in [0.05, 0.1) is 6.10 Å². The van der Waals surface area contributed by atoms with Crippen molar-refractivity contribution in [2.24, 2.45) is 5.92 Å². The van der Waals surface area contributed by atoms with E-state index in [0.29, 0.717) is 12.0 Å². The minimum absolute atomic E-state index is 0.0275. The molecule has 120 valence electrons. The van der Waals surface area contributed by atoms with Gasteiger partial charge in [0, 0.05) is 12.6 Å². The Morgan fingerprint density at radius 1 is 1.23 bits per heavy atom. The first-order chi connectivity index (χ1) is 10.6. The van der Waals surface area contributed by atoms with E-state index in [0.717, 1.165) is 13.0 Å². The van der Waals surface area contributed by atoms with Gasteiger partial charge in [0.15, 0.2) is 0 Å². The van der Waals surface area contributed by atoms with Crippen molar-refractivity contribution >= 4 is 5.97 Å². The zero-order chi connectivity index (χ0) is 15.5. The maximum Gasteiger partial charge on any atom is 0.323 e. The molecule has 0 bridgehead atoms. The first-order valence-electron chi connectivity index (χ1n) is 8.65. The summed E-state index contributed by atoms with van der Waals surface area (Å²) < 4.78 is 5.53. The van der Waals surface area contributed by atoms with Gasteiger partial charge in [0.25, 0.3) is 0 Å². The Kier molecular flexibility index (Phi) is 4.82. The topological polar surface area (TPSA) is 29.5 Å². The molecule has 1 aromatic rings. The Hall–Kier alpha value is -1.35. The Morgan fingerprint density at radius 3 is 2.68 bits per heavy atom. The van der Waals surface area contributed by atoms with Crippen LogP contribution in [0.5, 0.6) is 0 Å². The molecular weight excluding hydrogens is 274 g/mol. The molecule has 1 aliphatic carbocycles. The average Bonchev–Trinajstić information content (AvgIpc) is 2.87. The van der Waals surface area contributed by atoms with E-state index < -0.39 is 0 Å². The predicted molar refractivity (Wildman–Crippen MR) is 87.4 cm³/mol. The molecule has 3 heteroatoms. The summed E-state index contributed by atoms with van der Waals surface area (Å²) in [5.41, 5.74) is 1.29. The molecule has 0 radical (unpaired) electrons. The molecule has 3 atom stereocenters. The van der Waals surface area contributed by atoms with E-state index in [2.05, 4.69) is 29.2 Å². The van der Waals surface area contributed by atoms with Gasteiger partial charge in [0.1, 0.15) is 6.04 Å². The molecule has 1 aromatic carbocycles. The van der Waals surface area contributed by atoms with E-state index in [1.165, 1.54) is 31.2 Å². The zero-order valence-corrected chi connectivity index (χ0v) is 13.7. The lowest BCUT2D eigenvalue weighted by Crippen LogP contribution is -2.42. The molecule has 1 aliphatic heterocycles. The van der Waals surface area contributed by atoms with E-state index in [-0.39, 0.29) is 18.1 Å². The van der Waals surface area contributed by atoms with Gasteiger partial charge >= 0.3 is 5.97 Å². The first-order valence-corrected chi connectivity index (χ1v) is 8.65. The van der Waals surface area contributed by atoms with Crippen LogP contribution in [0.2, 0.25) is 0 Å². The van der Waals surface area contributed by atoms with Gasteiger partial charge in [-0.15, -0.1) is 0 Å². The summed E-state index contributed by atoms with van der Waals surface area (Å²) in [6, 6.07) is 11.0. The van der Waals surface area contributed by atoms with Gasteiger partial charge in [0.2, 0.25) is 0 Å². The molecule has 3 nitrogen and oxygen atoms in total. The first kappa shape index (κ1) is 15.5. The third-order valence-electron chi connectivity index (χ3n) is 5.05. The summed E-state index contributed by atoms with van der Waals surface area (Å²) in [6.07, 6.45) is 6.03. The van der Waals surface area contributed by atoms with Gasteiger partial charge in [-0.2, -0.15) is 0 Å². The minimum atomic E-state index is -0.0595. The van der Waals surface area contributed by atoms with Crippen molar-refractivity contribution in [1.82, 2.24) is 4.90 Å². The maximum atomic E-state index is 12.5. The monoisotopic (exact) mass is 301 g/mol. The Labute approximate surface area is 133 Å². The van der Waals surface area contributed by atoms with Crippen LogP contribution in [0.3, 0.4) is 0 Å². The van der Waals surface area contributed by atoms with Crippen LogP contribution in [0.25, 0.3) is 0 Å². The number of fused-ring (bicyclic) bond motifs is 1. The van der Waals surface area contributed by atoms with Crippen LogP contribution in [0.15, 0.2) is 30.3 Å². The molecule has 1 saturated carbocycles. The van der Waals surface area contributed by atoms with Crippen molar-refractivity contribution in [3.05, 3.63) is 35.9 Å². The number of nitrogens with zero attached hydrogens (tertiary/aromatic N) is 1. The van der Waals surface area contributed by atoms with Crippen LogP contribution < -0.4 is 0 Å². The number of hydrogen-bond acceptors (Lipinski definition) is 3. The molecule has 3 rings (SSSR count). The lowest BCUT2D eigenvalue weighted by Gasteiger charge is -2.33. The number of likely N-dealkylation sites (tertiary alicyclic amines) is 1. The standard InChI is InChI=1S/C19H27NO2/c1-14(2)22-19(21)18-12-16-10-6-7-11-17(16)20(18)13-15-8-4-3-5-9-15/h3-5,8-9,14,16-18H,6-7,10-13H2,1-2H3. The Bertz CT molecular complexity index is 499. The normalized spacial score (nSPS) is 28.6. The number of ether oxygens (including phenoxy) is 1. The van der Waals surface area contributed by atoms with Gasteiger partial charge in [-0.25, -0.2) is 0 Å². The fraction of sp³-hybridized carbons (Fsp3) is 0.632. The van der Waals surface area contributed by atoms with E-state index in [4.69, 9.17) is 4.74 Å². The Morgan fingerprint density at radius 2 is 1.95 bits per heavy atom. The molecule has 0 aromatic heterocycles. The number of hydrogen-bond donors (Lipinski definition) is 0. The summed E-state index contributed by atoms with van der Waals surface area (Å²) in [4.78, 5) is 15.0. The van der Waals surface area contributed by atoms with E-state index in [1.54, 1.807) is 0 Å². The van der Waals surface area contributed by atoms with Crippen LogP contribution in [0.1, 0.15) is 51.5 Å². The SMILES string of the molecule is CC(C)OC(=O)C1CC2CCCCC2N1Cc1ccccc1. The highest BCUT2D eigenvalue weighted by atomic mass is 16.5. The third kappa shape index (κ3) is 3.35. The van der Waals surface area contributed by atoms with Gasteiger partial charge in [-0.1, -0.05) is 43.2 Å². The smallest absolute Gasteiger partial charge is 0.323 e. The molecule has 0 amide bonds. The average molecular weight is 301 g/mol. The van der Waals surface area contributed by atoms with Gasteiger partial charge in [-0.05, 0) is 44.6 Å². The van der Waals surface area contributed by atoms with Gasteiger partial charge < -0.3 is 4.74 Å². The molecule has 2 fully saturated rings. The van der Waals surface area contributed by atoms with Crippen molar-refractivity contribution in [2.75, 3.05) is 0 Å². The second kappa shape index (κ2) is 6.82.